The first kappa shape index (κ1) is 10.7. The van der Waals surface area contributed by atoms with Gasteiger partial charge in [-0.1, -0.05) is 48.6 Å². The average Bonchev–Trinajstić information content (AvgIpc) is 2.16. The molecule has 14 heavy (non-hydrogen) atoms. The SMILES string of the molecule is C=C(C)/C=C/C(C)(O)c1ccccc1. The quantitative estimate of drug-likeness (QED) is 0.723. The summed E-state index contributed by atoms with van der Waals surface area (Å²) in [7, 11) is 0. The van der Waals surface area contributed by atoms with Crippen molar-refractivity contribution in [3.05, 3.63) is 60.2 Å². The molecule has 1 rings (SSSR count). The van der Waals surface area contributed by atoms with Crippen molar-refractivity contribution in [1.29, 1.82) is 0 Å². The maximum atomic E-state index is 10.1. The third-order valence-corrected chi connectivity index (χ3v) is 2.05. The largest absolute Gasteiger partial charge is 0.381 e. The highest BCUT2D eigenvalue weighted by molar-refractivity contribution is 5.28. The molecule has 1 unspecified atom stereocenters. The molecule has 0 bridgehead atoms. The van der Waals surface area contributed by atoms with E-state index < -0.39 is 5.60 Å². The van der Waals surface area contributed by atoms with Crippen LogP contribution in [0.25, 0.3) is 0 Å². The summed E-state index contributed by atoms with van der Waals surface area (Å²) in [6.07, 6.45) is 3.58. The molecule has 0 aliphatic rings. The summed E-state index contributed by atoms with van der Waals surface area (Å²) in [5, 5.41) is 10.1. The van der Waals surface area contributed by atoms with Gasteiger partial charge in [-0.15, -0.1) is 0 Å². The summed E-state index contributed by atoms with van der Waals surface area (Å²) in [5.74, 6) is 0. The molecule has 0 fully saturated rings. The van der Waals surface area contributed by atoms with E-state index in [-0.39, 0.29) is 0 Å². The van der Waals surface area contributed by atoms with Crippen LogP contribution < -0.4 is 0 Å². The third kappa shape index (κ3) is 2.86. The molecule has 0 amide bonds. The Bertz CT molecular complexity index is 334. The molecule has 0 radical (unpaired) electrons. The van der Waals surface area contributed by atoms with E-state index in [9.17, 15) is 5.11 Å². The maximum Gasteiger partial charge on any atom is 0.105 e. The molecule has 0 aliphatic heterocycles. The van der Waals surface area contributed by atoms with Crippen LogP contribution in [-0.4, -0.2) is 5.11 Å². The maximum absolute atomic E-state index is 10.1. The topological polar surface area (TPSA) is 20.2 Å². The number of hydrogen-bond acceptors (Lipinski definition) is 1. The van der Waals surface area contributed by atoms with E-state index in [1.807, 2.05) is 43.3 Å². The molecule has 1 N–H and O–H groups in total. The molecule has 1 heteroatoms. The van der Waals surface area contributed by atoms with E-state index in [4.69, 9.17) is 0 Å². The van der Waals surface area contributed by atoms with Gasteiger partial charge in [0.1, 0.15) is 5.60 Å². The molecule has 1 nitrogen and oxygen atoms in total. The van der Waals surface area contributed by atoms with Crippen LogP contribution in [0.2, 0.25) is 0 Å². The minimum absolute atomic E-state index is 0.887. The van der Waals surface area contributed by atoms with E-state index in [1.165, 1.54) is 0 Å². The van der Waals surface area contributed by atoms with Crippen molar-refractivity contribution in [2.75, 3.05) is 0 Å². The van der Waals surface area contributed by atoms with Gasteiger partial charge in [-0.3, -0.25) is 0 Å². The van der Waals surface area contributed by atoms with Crippen LogP contribution in [0.15, 0.2) is 54.6 Å². The molecule has 1 aromatic rings. The highest BCUT2D eigenvalue weighted by Crippen LogP contribution is 2.21. The van der Waals surface area contributed by atoms with Crippen LogP contribution in [-0.2, 0) is 5.60 Å². The van der Waals surface area contributed by atoms with Crippen LogP contribution in [0.3, 0.4) is 0 Å². The van der Waals surface area contributed by atoms with E-state index in [0.29, 0.717) is 0 Å². The monoisotopic (exact) mass is 188 g/mol. The molecule has 0 heterocycles. The van der Waals surface area contributed by atoms with Gasteiger partial charge in [0.15, 0.2) is 0 Å². The Labute approximate surface area is 85.4 Å². The van der Waals surface area contributed by atoms with Gasteiger partial charge < -0.3 is 5.11 Å². The van der Waals surface area contributed by atoms with Crippen molar-refractivity contribution in [1.82, 2.24) is 0 Å². The molecule has 0 aromatic heterocycles. The summed E-state index contributed by atoms with van der Waals surface area (Å²) in [5.41, 5.74) is 0.902. The Morgan fingerprint density at radius 2 is 1.93 bits per heavy atom. The fraction of sp³-hybridized carbons (Fsp3) is 0.231. The minimum Gasteiger partial charge on any atom is -0.381 e. The summed E-state index contributed by atoms with van der Waals surface area (Å²) < 4.78 is 0. The van der Waals surface area contributed by atoms with Crippen LogP contribution in [0.1, 0.15) is 19.4 Å². The number of hydrogen-bond donors (Lipinski definition) is 1. The molecule has 1 atom stereocenters. The Hall–Kier alpha value is -1.34. The number of aliphatic hydroxyl groups is 1. The number of rotatable bonds is 3. The van der Waals surface area contributed by atoms with Gasteiger partial charge >= 0.3 is 0 Å². The van der Waals surface area contributed by atoms with Gasteiger partial charge in [0.25, 0.3) is 0 Å². The van der Waals surface area contributed by atoms with Crippen molar-refractivity contribution < 1.29 is 5.11 Å². The zero-order chi connectivity index (χ0) is 10.6. The van der Waals surface area contributed by atoms with Crippen LogP contribution >= 0.6 is 0 Å². The van der Waals surface area contributed by atoms with Crippen molar-refractivity contribution in [2.45, 2.75) is 19.4 Å². The first-order valence-electron chi connectivity index (χ1n) is 4.65. The third-order valence-electron chi connectivity index (χ3n) is 2.05. The highest BCUT2D eigenvalue weighted by Gasteiger charge is 2.17. The molecular formula is C13H16O. The first-order chi connectivity index (χ1) is 6.52. The van der Waals surface area contributed by atoms with Gasteiger partial charge in [0.2, 0.25) is 0 Å². The number of allylic oxidation sites excluding steroid dienone is 2. The number of benzene rings is 1. The zero-order valence-electron chi connectivity index (χ0n) is 8.70. The van der Waals surface area contributed by atoms with E-state index in [1.54, 1.807) is 13.0 Å². The Balaban J connectivity index is 2.91. The minimum atomic E-state index is -0.916. The Morgan fingerprint density at radius 1 is 1.36 bits per heavy atom. The predicted molar refractivity (Wildman–Crippen MR) is 60.0 cm³/mol. The summed E-state index contributed by atoms with van der Waals surface area (Å²) >= 11 is 0. The molecule has 1 aromatic carbocycles. The van der Waals surface area contributed by atoms with Gasteiger partial charge in [0, 0.05) is 0 Å². The van der Waals surface area contributed by atoms with Gasteiger partial charge in [-0.2, -0.15) is 0 Å². The van der Waals surface area contributed by atoms with Gasteiger partial charge in [0.05, 0.1) is 0 Å². The summed E-state index contributed by atoms with van der Waals surface area (Å²) in [6, 6.07) is 9.57. The fourth-order valence-electron chi connectivity index (χ4n) is 1.18. The summed E-state index contributed by atoms with van der Waals surface area (Å²) in [6.45, 7) is 7.42. The zero-order valence-corrected chi connectivity index (χ0v) is 8.70. The lowest BCUT2D eigenvalue weighted by atomic mass is 9.95. The lowest BCUT2D eigenvalue weighted by Crippen LogP contribution is -2.17. The molecule has 0 spiro atoms. The van der Waals surface area contributed by atoms with Crippen molar-refractivity contribution in [2.24, 2.45) is 0 Å². The van der Waals surface area contributed by atoms with E-state index in [0.717, 1.165) is 11.1 Å². The molecule has 74 valence electrons. The molecule has 0 saturated carbocycles. The van der Waals surface area contributed by atoms with Crippen LogP contribution in [0.5, 0.6) is 0 Å². The van der Waals surface area contributed by atoms with Gasteiger partial charge in [-0.05, 0) is 25.5 Å². The van der Waals surface area contributed by atoms with Crippen LogP contribution in [0, 0.1) is 0 Å². The standard InChI is InChI=1S/C13H16O/c1-11(2)9-10-13(3,14)12-7-5-4-6-8-12/h4-10,14H,1H2,2-3H3/b10-9+. The lowest BCUT2D eigenvalue weighted by molar-refractivity contribution is 0.111. The summed E-state index contributed by atoms with van der Waals surface area (Å²) in [4.78, 5) is 0. The Kier molecular flexibility index (Phi) is 3.26. The fourth-order valence-corrected chi connectivity index (χ4v) is 1.18. The highest BCUT2D eigenvalue weighted by atomic mass is 16.3. The lowest BCUT2D eigenvalue weighted by Gasteiger charge is -2.19. The average molecular weight is 188 g/mol. The van der Waals surface area contributed by atoms with Crippen LogP contribution in [0.4, 0.5) is 0 Å². The molecule has 0 saturated heterocycles. The van der Waals surface area contributed by atoms with Crippen molar-refractivity contribution in [3.8, 4) is 0 Å². The van der Waals surface area contributed by atoms with E-state index in [2.05, 4.69) is 6.58 Å². The molecular weight excluding hydrogens is 172 g/mol. The Morgan fingerprint density at radius 3 is 2.43 bits per heavy atom. The van der Waals surface area contributed by atoms with Gasteiger partial charge in [-0.25, -0.2) is 0 Å². The van der Waals surface area contributed by atoms with E-state index >= 15 is 0 Å². The molecule has 0 aliphatic carbocycles. The second-order valence-electron chi connectivity index (χ2n) is 3.69. The van der Waals surface area contributed by atoms with Crippen molar-refractivity contribution in [3.63, 3.8) is 0 Å². The second-order valence-corrected chi connectivity index (χ2v) is 3.69. The predicted octanol–water partition coefficient (Wildman–Crippen LogP) is 3.03. The smallest absolute Gasteiger partial charge is 0.105 e. The van der Waals surface area contributed by atoms with Crippen molar-refractivity contribution >= 4 is 0 Å². The first-order valence-corrected chi connectivity index (χ1v) is 4.65. The second kappa shape index (κ2) is 4.25. The normalized spacial score (nSPS) is 15.4.